The van der Waals surface area contributed by atoms with Gasteiger partial charge in [0.1, 0.15) is 11.8 Å². The first-order valence-electron chi connectivity index (χ1n) is 11.2. The summed E-state index contributed by atoms with van der Waals surface area (Å²) in [5, 5.41) is 14.9. The van der Waals surface area contributed by atoms with Gasteiger partial charge < -0.3 is 15.2 Å². The molecule has 3 aromatic carbocycles. The van der Waals surface area contributed by atoms with E-state index in [1.165, 1.54) is 12.1 Å². The topological polar surface area (TPSA) is 105 Å². The number of carboxylic acid groups (broad SMARTS) is 1. The number of benzene rings is 3. The summed E-state index contributed by atoms with van der Waals surface area (Å²) in [5.41, 5.74) is 0.724. The van der Waals surface area contributed by atoms with E-state index in [0.29, 0.717) is 12.5 Å². The minimum atomic E-state index is -3.98. The second-order valence-electron chi connectivity index (χ2n) is 8.52. The standard InChI is InChI=1S/C25H27BrN2O5S.ClH/c26-21-4-7-23(8-5-21)34(31,32)28-24(25(29)30)14-18-1-2-20-15-22(6-3-19(20)13-18)33-16-17-9-11-27-12-10-17;/h1-8,13,15,17,24,27-28H,9-12,14,16H2,(H,29,30);1H. The third kappa shape index (κ3) is 7.41. The Morgan fingerprint density at radius 1 is 1.06 bits per heavy atom. The van der Waals surface area contributed by atoms with Crippen LogP contribution in [0.2, 0.25) is 0 Å². The first-order valence-corrected chi connectivity index (χ1v) is 13.4. The Bertz CT molecular complexity index is 1260. The molecule has 1 unspecified atom stereocenters. The van der Waals surface area contributed by atoms with Crippen molar-refractivity contribution in [3.8, 4) is 5.75 Å². The van der Waals surface area contributed by atoms with Crippen LogP contribution in [0.5, 0.6) is 5.75 Å². The van der Waals surface area contributed by atoms with Gasteiger partial charge in [0.05, 0.1) is 11.5 Å². The zero-order valence-electron chi connectivity index (χ0n) is 18.9. The molecule has 188 valence electrons. The summed E-state index contributed by atoms with van der Waals surface area (Å²) in [6, 6.07) is 16.2. The Hall–Kier alpha value is -2.17. The molecule has 0 aliphatic carbocycles. The molecule has 1 saturated heterocycles. The molecule has 7 nitrogen and oxygen atoms in total. The minimum absolute atomic E-state index is 0. The molecule has 4 rings (SSSR count). The van der Waals surface area contributed by atoms with Crippen LogP contribution in [-0.4, -0.2) is 45.2 Å². The SMILES string of the molecule is Cl.O=C(O)C(Cc1ccc2cc(OCC3CCNCC3)ccc2c1)NS(=O)(=O)c1ccc(Br)cc1. The molecule has 1 atom stereocenters. The lowest BCUT2D eigenvalue weighted by atomic mass is 9.99. The van der Waals surface area contributed by atoms with Gasteiger partial charge >= 0.3 is 5.97 Å². The van der Waals surface area contributed by atoms with Crippen LogP contribution in [0, 0.1) is 5.92 Å². The molecule has 0 spiro atoms. The minimum Gasteiger partial charge on any atom is -0.493 e. The van der Waals surface area contributed by atoms with Gasteiger partial charge in [-0.3, -0.25) is 4.79 Å². The van der Waals surface area contributed by atoms with Gasteiger partial charge in [-0.05, 0) is 91.0 Å². The van der Waals surface area contributed by atoms with Crippen LogP contribution in [0.3, 0.4) is 0 Å². The molecule has 1 aliphatic heterocycles. The van der Waals surface area contributed by atoms with Crippen molar-refractivity contribution in [1.29, 1.82) is 0 Å². The highest BCUT2D eigenvalue weighted by atomic mass is 79.9. The number of sulfonamides is 1. The van der Waals surface area contributed by atoms with E-state index >= 15 is 0 Å². The average Bonchev–Trinajstić information content (AvgIpc) is 2.83. The third-order valence-electron chi connectivity index (χ3n) is 5.98. The molecule has 3 N–H and O–H groups in total. The molecular formula is C25H28BrClN2O5S. The largest absolute Gasteiger partial charge is 0.493 e. The van der Waals surface area contributed by atoms with Crippen molar-refractivity contribution in [3.63, 3.8) is 0 Å². The third-order valence-corrected chi connectivity index (χ3v) is 8.00. The Kier molecular flexibility index (Phi) is 9.54. The highest BCUT2D eigenvalue weighted by Gasteiger charge is 2.26. The first-order chi connectivity index (χ1) is 16.3. The predicted octanol–water partition coefficient (Wildman–Crippen LogP) is 4.38. The Morgan fingerprint density at radius 3 is 2.40 bits per heavy atom. The Labute approximate surface area is 219 Å². The molecule has 0 aromatic heterocycles. The lowest BCUT2D eigenvalue weighted by molar-refractivity contribution is -0.138. The monoisotopic (exact) mass is 582 g/mol. The maximum absolute atomic E-state index is 12.7. The summed E-state index contributed by atoms with van der Waals surface area (Å²) in [5.74, 6) is 0.139. The van der Waals surface area contributed by atoms with Crippen molar-refractivity contribution >= 4 is 55.1 Å². The number of hydrogen-bond acceptors (Lipinski definition) is 5. The summed E-state index contributed by atoms with van der Waals surface area (Å²) in [7, 11) is -3.98. The number of ether oxygens (including phenoxy) is 1. The number of rotatable bonds is 9. The van der Waals surface area contributed by atoms with Crippen LogP contribution < -0.4 is 14.8 Å². The van der Waals surface area contributed by atoms with Crippen molar-refractivity contribution in [3.05, 3.63) is 70.7 Å². The molecule has 1 fully saturated rings. The molecular weight excluding hydrogens is 556 g/mol. The number of carboxylic acids is 1. The van der Waals surface area contributed by atoms with E-state index < -0.39 is 22.0 Å². The molecule has 0 radical (unpaired) electrons. The zero-order chi connectivity index (χ0) is 24.1. The van der Waals surface area contributed by atoms with Gasteiger partial charge in [0.15, 0.2) is 0 Å². The number of aliphatic carboxylic acids is 1. The molecule has 0 amide bonds. The fraction of sp³-hybridized carbons (Fsp3) is 0.320. The van der Waals surface area contributed by atoms with Gasteiger partial charge in [0.2, 0.25) is 10.0 Å². The molecule has 35 heavy (non-hydrogen) atoms. The fourth-order valence-corrected chi connectivity index (χ4v) is 5.49. The second kappa shape index (κ2) is 12.2. The van der Waals surface area contributed by atoms with Gasteiger partial charge in [-0.2, -0.15) is 4.72 Å². The van der Waals surface area contributed by atoms with Crippen molar-refractivity contribution < 1.29 is 23.1 Å². The maximum Gasteiger partial charge on any atom is 0.322 e. The average molecular weight is 584 g/mol. The summed E-state index contributed by atoms with van der Waals surface area (Å²) < 4.78 is 34.4. The molecule has 1 heterocycles. The quantitative estimate of drug-likeness (QED) is 0.345. The molecule has 0 bridgehead atoms. The lowest BCUT2D eigenvalue weighted by Gasteiger charge is -2.22. The van der Waals surface area contributed by atoms with E-state index in [-0.39, 0.29) is 23.7 Å². The lowest BCUT2D eigenvalue weighted by Crippen LogP contribution is -2.42. The summed E-state index contributed by atoms with van der Waals surface area (Å²) in [4.78, 5) is 11.8. The van der Waals surface area contributed by atoms with Crippen molar-refractivity contribution in [2.45, 2.75) is 30.2 Å². The van der Waals surface area contributed by atoms with Crippen LogP contribution in [0.4, 0.5) is 0 Å². The first kappa shape index (κ1) is 27.4. The van der Waals surface area contributed by atoms with Gasteiger partial charge in [-0.15, -0.1) is 12.4 Å². The molecule has 3 aromatic rings. The summed E-state index contributed by atoms with van der Waals surface area (Å²) in [6.07, 6.45) is 2.26. The van der Waals surface area contributed by atoms with Gasteiger partial charge in [0, 0.05) is 4.47 Å². The van der Waals surface area contributed by atoms with E-state index in [4.69, 9.17) is 4.74 Å². The molecule has 1 aliphatic rings. The number of carbonyl (C=O) groups is 1. The number of nitrogens with one attached hydrogen (secondary N) is 2. The molecule has 0 saturated carbocycles. The van der Waals surface area contributed by atoms with E-state index in [2.05, 4.69) is 26.0 Å². The van der Waals surface area contributed by atoms with Crippen molar-refractivity contribution in [2.75, 3.05) is 19.7 Å². The van der Waals surface area contributed by atoms with E-state index in [0.717, 1.165) is 52.5 Å². The Balaban J connectivity index is 0.00000342. The number of halogens is 2. The smallest absolute Gasteiger partial charge is 0.322 e. The van der Waals surface area contributed by atoms with Crippen molar-refractivity contribution in [1.82, 2.24) is 10.0 Å². The van der Waals surface area contributed by atoms with E-state index in [9.17, 15) is 18.3 Å². The van der Waals surface area contributed by atoms with Gasteiger partial charge in [-0.1, -0.05) is 40.2 Å². The second-order valence-corrected chi connectivity index (χ2v) is 11.1. The number of hydrogen-bond donors (Lipinski definition) is 3. The van der Waals surface area contributed by atoms with Crippen LogP contribution in [0.15, 0.2) is 70.0 Å². The Morgan fingerprint density at radius 2 is 1.71 bits per heavy atom. The van der Waals surface area contributed by atoms with Crippen LogP contribution in [0.1, 0.15) is 18.4 Å². The summed E-state index contributed by atoms with van der Waals surface area (Å²) in [6.45, 7) is 2.76. The zero-order valence-corrected chi connectivity index (χ0v) is 22.2. The number of fused-ring (bicyclic) bond motifs is 1. The van der Waals surface area contributed by atoms with E-state index in [1.807, 2.05) is 36.4 Å². The normalized spacial score (nSPS) is 15.3. The predicted molar refractivity (Wildman–Crippen MR) is 142 cm³/mol. The van der Waals surface area contributed by atoms with E-state index in [1.54, 1.807) is 12.1 Å². The molecule has 10 heteroatoms. The van der Waals surface area contributed by atoms with Gasteiger partial charge in [0.25, 0.3) is 0 Å². The van der Waals surface area contributed by atoms with Crippen LogP contribution >= 0.6 is 28.3 Å². The van der Waals surface area contributed by atoms with Crippen LogP contribution in [-0.2, 0) is 21.2 Å². The maximum atomic E-state index is 12.7. The highest BCUT2D eigenvalue weighted by molar-refractivity contribution is 9.10. The van der Waals surface area contributed by atoms with Crippen LogP contribution in [0.25, 0.3) is 10.8 Å². The van der Waals surface area contributed by atoms with Gasteiger partial charge in [-0.25, -0.2) is 8.42 Å². The fourth-order valence-electron chi connectivity index (χ4n) is 4.04. The highest BCUT2D eigenvalue weighted by Crippen LogP contribution is 2.24. The number of piperidine rings is 1. The van der Waals surface area contributed by atoms with Crippen molar-refractivity contribution in [2.24, 2.45) is 5.92 Å². The summed E-state index contributed by atoms with van der Waals surface area (Å²) >= 11 is 3.26.